The van der Waals surface area contributed by atoms with Crippen LogP contribution in [-0.4, -0.2) is 51.5 Å². The van der Waals surface area contributed by atoms with Crippen molar-refractivity contribution in [2.75, 3.05) is 13.1 Å². The molecule has 4 nitrogen and oxygen atoms in total. The number of nitrogens with zero attached hydrogens (tertiary/aromatic N) is 3. The summed E-state index contributed by atoms with van der Waals surface area (Å²) in [6, 6.07) is 3.55. The molecule has 0 saturated carbocycles. The zero-order valence-corrected chi connectivity index (χ0v) is 14.5. The molecule has 3 heterocycles. The molecule has 5 heteroatoms. The van der Waals surface area contributed by atoms with Crippen LogP contribution in [0.1, 0.15) is 50.0 Å². The first kappa shape index (κ1) is 15.9. The van der Waals surface area contributed by atoms with Crippen LogP contribution < -0.4 is 0 Å². The lowest BCUT2D eigenvalue weighted by molar-refractivity contribution is 0.0479. The van der Waals surface area contributed by atoms with E-state index < -0.39 is 0 Å². The molecule has 0 aliphatic carbocycles. The third kappa shape index (κ3) is 2.91. The maximum absolute atomic E-state index is 12.8. The Morgan fingerprint density at radius 3 is 2.50 bits per heavy atom. The van der Waals surface area contributed by atoms with Crippen LogP contribution in [0.15, 0.2) is 12.3 Å². The van der Waals surface area contributed by atoms with E-state index in [1.165, 1.54) is 19.3 Å². The highest BCUT2D eigenvalue weighted by Gasteiger charge is 2.36. The zero-order chi connectivity index (χ0) is 15.9. The Hall–Kier alpha value is -1.00. The second-order valence-electron chi connectivity index (χ2n) is 6.92. The molecule has 3 rings (SSSR count). The van der Waals surface area contributed by atoms with E-state index in [0.717, 1.165) is 19.5 Å². The van der Waals surface area contributed by atoms with Crippen molar-refractivity contribution in [3.63, 3.8) is 0 Å². The first-order valence-corrected chi connectivity index (χ1v) is 8.73. The molecule has 122 valence electrons. The van der Waals surface area contributed by atoms with Crippen LogP contribution in [0.5, 0.6) is 0 Å². The van der Waals surface area contributed by atoms with Crippen LogP contribution in [0.2, 0.25) is 5.02 Å². The molecule has 2 saturated heterocycles. The predicted molar refractivity (Wildman–Crippen MR) is 89.3 cm³/mol. The Morgan fingerprint density at radius 2 is 1.91 bits per heavy atom. The fourth-order valence-electron chi connectivity index (χ4n) is 4.22. The molecule has 0 unspecified atom stereocenters. The van der Waals surface area contributed by atoms with Crippen molar-refractivity contribution in [1.82, 2.24) is 14.4 Å². The van der Waals surface area contributed by atoms with Crippen molar-refractivity contribution >= 4 is 17.5 Å². The second kappa shape index (κ2) is 6.25. The molecular formula is C17H26ClN3O. The van der Waals surface area contributed by atoms with E-state index in [-0.39, 0.29) is 5.91 Å². The molecule has 0 bridgehead atoms. The lowest BCUT2D eigenvalue weighted by atomic mass is 10.0. The summed E-state index contributed by atoms with van der Waals surface area (Å²) in [5.74, 6) is 0.110. The first-order valence-electron chi connectivity index (χ1n) is 8.36. The summed E-state index contributed by atoms with van der Waals surface area (Å²) in [4.78, 5) is 17.4. The Balaban J connectivity index is 1.73. The fourth-order valence-corrected chi connectivity index (χ4v) is 4.47. The van der Waals surface area contributed by atoms with Crippen molar-refractivity contribution in [1.29, 1.82) is 0 Å². The molecule has 1 amide bonds. The number of amides is 1. The summed E-state index contributed by atoms with van der Waals surface area (Å²) in [5, 5.41) is 0.626. The van der Waals surface area contributed by atoms with Gasteiger partial charge < -0.3 is 9.47 Å². The molecule has 2 aliphatic heterocycles. The van der Waals surface area contributed by atoms with Crippen molar-refractivity contribution in [3.8, 4) is 0 Å². The first-order chi connectivity index (χ1) is 10.5. The Morgan fingerprint density at radius 1 is 1.23 bits per heavy atom. The highest BCUT2D eigenvalue weighted by atomic mass is 35.5. The summed E-state index contributed by atoms with van der Waals surface area (Å²) in [5.41, 5.74) is 0.688. The van der Waals surface area contributed by atoms with Gasteiger partial charge in [0.15, 0.2) is 0 Å². The van der Waals surface area contributed by atoms with Crippen molar-refractivity contribution in [2.45, 2.75) is 57.7 Å². The highest BCUT2D eigenvalue weighted by Crippen LogP contribution is 2.30. The van der Waals surface area contributed by atoms with Gasteiger partial charge in [-0.15, -0.1) is 0 Å². The largest absolute Gasteiger partial charge is 0.345 e. The average molecular weight is 324 g/mol. The molecule has 0 N–H and O–H groups in total. The van der Waals surface area contributed by atoms with Gasteiger partial charge in [0, 0.05) is 44.5 Å². The fraction of sp³-hybridized carbons (Fsp3) is 0.706. The van der Waals surface area contributed by atoms with Gasteiger partial charge in [0.1, 0.15) is 5.69 Å². The molecule has 0 radical (unpaired) electrons. The summed E-state index contributed by atoms with van der Waals surface area (Å²) < 4.78 is 1.83. The predicted octanol–water partition coefficient (Wildman–Crippen LogP) is 3.16. The van der Waals surface area contributed by atoms with Gasteiger partial charge in [-0.25, -0.2) is 0 Å². The average Bonchev–Trinajstić information content (AvgIpc) is 3.00. The van der Waals surface area contributed by atoms with Gasteiger partial charge in [-0.3, -0.25) is 9.69 Å². The monoisotopic (exact) mass is 323 g/mol. The van der Waals surface area contributed by atoms with Crippen LogP contribution in [-0.2, 0) is 7.05 Å². The summed E-state index contributed by atoms with van der Waals surface area (Å²) in [6.45, 7) is 6.34. The summed E-state index contributed by atoms with van der Waals surface area (Å²) in [6.07, 6.45) is 6.63. The van der Waals surface area contributed by atoms with Crippen molar-refractivity contribution in [3.05, 3.63) is 23.0 Å². The van der Waals surface area contributed by atoms with E-state index in [2.05, 4.69) is 18.7 Å². The number of aryl methyl sites for hydroxylation is 1. The van der Waals surface area contributed by atoms with E-state index in [9.17, 15) is 4.79 Å². The normalized spacial score (nSPS) is 30.0. The molecule has 1 aromatic heterocycles. The van der Waals surface area contributed by atoms with Crippen molar-refractivity contribution < 1.29 is 4.79 Å². The summed E-state index contributed by atoms with van der Waals surface area (Å²) >= 11 is 6.02. The standard InChI is InChI=1S/C17H26ClN3O/c1-12-6-7-13(2)21(12)15-5-4-8-20(11-15)17(22)16-9-14(18)10-19(16)3/h9-10,12-13,15H,4-8,11H2,1-3H3/t12-,13+,15-/m1/s1. The minimum Gasteiger partial charge on any atom is -0.345 e. The van der Waals surface area contributed by atoms with Crippen LogP contribution in [0, 0.1) is 0 Å². The number of hydrogen-bond acceptors (Lipinski definition) is 2. The van der Waals surface area contributed by atoms with Gasteiger partial charge in [0.2, 0.25) is 0 Å². The molecule has 2 aliphatic rings. The minimum absolute atomic E-state index is 0.110. The lowest BCUT2D eigenvalue weighted by Crippen LogP contribution is -2.52. The zero-order valence-electron chi connectivity index (χ0n) is 13.8. The minimum atomic E-state index is 0.110. The van der Waals surface area contributed by atoms with E-state index >= 15 is 0 Å². The van der Waals surface area contributed by atoms with E-state index in [4.69, 9.17) is 11.6 Å². The lowest BCUT2D eigenvalue weighted by Gasteiger charge is -2.41. The number of halogens is 1. The quantitative estimate of drug-likeness (QED) is 0.836. The number of rotatable bonds is 2. The van der Waals surface area contributed by atoms with Crippen molar-refractivity contribution in [2.24, 2.45) is 7.05 Å². The van der Waals surface area contributed by atoms with Gasteiger partial charge in [-0.2, -0.15) is 0 Å². The number of aromatic nitrogens is 1. The SMILES string of the molecule is C[C@@H]1CC[C@H](C)N1[C@@H]1CCCN(C(=O)c2cc(Cl)cn2C)C1. The topological polar surface area (TPSA) is 28.5 Å². The molecule has 22 heavy (non-hydrogen) atoms. The third-order valence-electron chi connectivity index (χ3n) is 5.32. The number of carbonyl (C=O) groups is 1. The number of hydrogen-bond donors (Lipinski definition) is 0. The Labute approximate surface area is 138 Å². The third-order valence-corrected chi connectivity index (χ3v) is 5.52. The summed E-state index contributed by atoms with van der Waals surface area (Å²) in [7, 11) is 1.88. The van der Waals surface area contributed by atoms with Gasteiger partial charge in [0.25, 0.3) is 5.91 Å². The van der Waals surface area contributed by atoms with Crippen LogP contribution in [0.4, 0.5) is 0 Å². The molecule has 2 fully saturated rings. The highest BCUT2D eigenvalue weighted by molar-refractivity contribution is 6.31. The van der Waals surface area contributed by atoms with Crippen LogP contribution in [0.25, 0.3) is 0 Å². The van der Waals surface area contributed by atoms with E-state index in [0.29, 0.717) is 28.8 Å². The molecular weight excluding hydrogens is 298 g/mol. The smallest absolute Gasteiger partial charge is 0.270 e. The van der Waals surface area contributed by atoms with Gasteiger partial charge >= 0.3 is 0 Å². The number of carbonyl (C=O) groups excluding carboxylic acids is 1. The van der Waals surface area contributed by atoms with Gasteiger partial charge in [-0.1, -0.05) is 11.6 Å². The number of likely N-dealkylation sites (tertiary alicyclic amines) is 2. The Bertz CT molecular complexity index is 546. The van der Waals surface area contributed by atoms with Gasteiger partial charge in [-0.05, 0) is 45.6 Å². The van der Waals surface area contributed by atoms with E-state index in [1.54, 1.807) is 12.3 Å². The molecule has 3 atom stereocenters. The maximum Gasteiger partial charge on any atom is 0.270 e. The number of piperidine rings is 1. The maximum atomic E-state index is 12.8. The molecule has 0 spiro atoms. The Kier molecular flexibility index (Phi) is 4.51. The van der Waals surface area contributed by atoms with Crippen LogP contribution in [0.3, 0.4) is 0 Å². The second-order valence-corrected chi connectivity index (χ2v) is 7.36. The van der Waals surface area contributed by atoms with Crippen LogP contribution >= 0.6 is 11.6 Å². The van der Waals surface area contributed by atoms with Gasteiger partial charge in [0.05, 0.1) is 5.02 Å². The van der Waals surface area contributed by atoms with E-state index in [1.807, 2.05) is 16.5 Å². The molecule has 0 aromatic carbocycles. The molecule has 1 aromatic rings.